The second kappa shape index (κ2) is 2.01. The fourth-order valence-electron chi connectivity index (χ4n) is 0.306. The molecule has 1 rings (SSSR count). The van der Waals surface area contributed by atoms with Gasteiger partial charge in [0.2, 0.25) is 0 Å². The van der Waals surface area contributed by atoms with Crippen LogP contribution in [0.15, 0.2) is 15.0 Å². The summed E-state index contributed by atoms with van der Waals surface area (Å²) in [6.45, 7) is 0. The molecule has 5 heteroatoms. The van der Waals surface area contributed by atoms with Gasteiger partial charge in [-0.2, -0.15) is 0 Å². The van der Waals surface area contributed by atoms with Crippen molar-refractivity contribution >= 4 is 29.4 Å². The number of urea groups is 1. The highest BCUT2D eigenvalue weighted by atomic mass is 35.5. The highest BCUT2D eigenvalue weighted by Crippen LogP contribution is 2.02. The second-order valence-corrected chi connectivity index (χ2v) is 1.62. The average molecular weight is 144 g/mol. The molecule has 0 bridgehead atoms. The molecule has 1 heterocycles. The maximum absolute atomic E-state index is 10.3. The van der Waals surface area contributed by atoms with Crippen LogP contribution in [0.2, 0.25) is 0 Å². The van der Waals surface area contributed by atoms with Crippen molar-refractivity contribution in [1.82, 2.24) is 0 Å². The number of carbonyl (C=O) groups excluding carboxylic acids is 1. The van der Waals surface area contributed by atoms with Crippen LogP contribution in [0, 0.1) is 0 Å². The molecule has 2 amide bonds. The van der Waals surface area contributed by atoms with E-state index in [1.54, 1.807) is 0 Å². The van der Waals surface area contributed by atoms with E-state index >= 15 is 0 Å². The van der Waals surface area contributed by atoms with Crippen molar-refractivity contribution in [2.75, 3.05) is 0 Å². The van der Waals surface area contributed by atoms with Gasteiger partial charge in [0.25, 0.3) is 0 Å². The molecule has 0 spiro atoms. The van der Waals surface area contributed by atoms with E-state index in [0.29, 0.717) is 0 Å². The lowest BCUT2D eigenvalue weighted by molar-refractivity contribution is 0.256. The smallest absolute Gasteiger partial charge is 0.265 e. The zero-order valence-corrected chi connectivity index (χ0v) is 4.84. The van der Waals surface area contributed by atoms with E-state index < -0.39 is 11.9 Å². The van der Waals surface area contributed by atoms with Crippen LogP contribution in [0.25, 0.3) is 0 Å². The summed E-state index contributed by atoms with van der Waals surface area (Å²) in [6, 6.07) is -0.857. The number of nitrogens with zero attached hydrogens (tertiary/aromatic N) is 2. The van der Waals surface area contributed by atoms with Crippen molar-refractivity contribution in [3.8, 4) is 0 Å². The Morgan fingerprint density at radius 1 is 1.56 bits per heavy atom. The number of rotatable bonds is 0. The summed E-state index contributed by atoms with van der Waals surface area (Å²) in [5.74, 6) is 1.21. The predicted molar refractivity (Wildman–Crippen MR) is 30.3 cm³/mol. The van der Waals surface area contributed by atoms with Gasteiger partial charge in [0, 0.05) is 5.87 Å². The molecule has 0 saturated heterocycles. The minimum atomic E-state index is -0.857. The Balaban J connectivity index is 3.13. The molecule has 1 aliphatic rings. The highest BCUT2D eigenvalue weighted by Gasteiger charge is 2.10. The zero-order chi connectivity index (χ0) is 6.85. The maximum Gasteiger partial charge on any atom is 0.378 e. The molecule has 0 aliphatic carbocycles. The molecule has 0 aromatic carbocycles. The summed E-state index contributed by atoms with van der Waals surface area (Å²) >= 11 is 5.15. The largest absolute Gasteiger partial charge is 0.378 e. The predicted octanol–water partition coefficient (Wildman–Crippen LogP) is 0.741. The summed E-state index contributed by atoms with van der Waals surface area (Å²) in [6.07, 6.45) is 0. The first kappa shape index (κ1) is 6.01. The van der Waals surface area contributed by atoms with Gasteiger partial charge in [-0.25, -0.2) is 4.79 Å². The Morgan fingerprint density at radius 2 is 2.22 bits per heavy atom. The molecular formula is C4ClN2O2. The van der Waals surface area contributed by atoms with E-state index in [4.69, 9.17) is 11.6 Å². The van der Waals surface area contributed by atoms with Crippen LogP contribution < -0.4 is 0 Å². The van der Waals surface area contributed by atoms with Gasteiger partial charge < -0.3 is 0 Å². The third-order valence-corrected chi connectivity index (χ3v) is 0.881. The molecule has 1 aliphatic heterocycles. The highest BCUT2D eigenvalue weighted by molar-refractivity contribution is 6.47. The van der Waals surface area contributed by atoms with Gasteiger partial charge >= 0.3 is 11.9 Å². The average Bonchev–Trinajstić information content (AvgIpc) is 1.80. The Bertz CT molecular complexity index is 249. The summed E-state index contributed by atoms with van der Waals surface area (Å²) in [4.78, 5) is 16.0. The first-order valence-electron chi connectivity index (χ1n) is 1.99. The molecule has 1 radical (unpaired) electrons. The summed E-state index contributed by atoms with van der Waals surface area (Å²) in [5.41, 5.74) is 0. The summed E-state index contributed by atoms with van der Waals surface area (Å²) in [5, 5.41) is 10.1. The van der Waals surface area contributed by atoms with Crippen molar-refractivity contribution in [2.24, 2.45) is 9.98 Å². The molecule has 0 atom stereocenters. The van der Waals surface area contributed by atoms with Crippen LogP contribution in [-0.4, -0.2) is 17.8 Å². The second-order valence-electron chi connectivity index (χ2n) is 1.24. The van der Waals surface area contributed by atoms with Crippen LogP contribution in [-0.2, 0) is 5.11 Å². The molecule has 9 heavy (non-hydrogen) atoms. The molecule has 0 N–H and O–H groups in total. The minimum absolute atomic E-state index is 0.255. The van der Waals surface area contributed by atoms with Gasteiger partial charge in [0.15, 0.2) is 5.03 Å². The SMILES string of the molecule is [O]C1=NC(=O)N=C=C1Cl. The normalized spacial score (nSPS) is 17.2. The van der Waals surface area contributed by atoms with Crippen molar-refractivity contribution in [2.45, 2.75) is 0 Å². The molecule has 0 aromatic rings. The molecule has 0 fully saturated rings. The number of hydrogen-bond donors (Lipinski definition) is 0. The van der Waals surface area contributed by atoms with Crippen LogP contribution in [0.5, 0.6) is 0 Å². The number of aliphatic imine (C=N–C) groups is 2. The molecule has 45 valence electrons. The van der Waals surface area contributed by atoms with E-state index in [0.717, 1.165) is 0 Å². The topological polar surface area (TPSA) is 61.7 Å². The van der Waals surface area contributed by atoms with E-state index in [1.165, 1.54) is 0 Å². The van der Waals surface area contributed by atoms with E-state index in [-0.39, 0.29) is 5.03 Å². The van der Waals surface area contributed by atoms with E-state index in [1.807, 2.05) is 5.87 Å². The van der Waals surface area contributed by atoms with Crippen molar-refractivity contribution in [3.05, 3.63) is 5.03 Å². The van der Waals surface area contributed by atoms with Crippen LogP contribution in [0.4, 0.5) is 4.79 Å². The number of amides is 2. The zero-order valence-electron chi connectivity index (χ0n) is 4.09. The molecule has 0 aromatic heterocycles. The van der Waals surface area contributed by atoms with Crippen LogP contribution in [0.1, 0.15) is 0 Å². The number of carbonyl (C=O) groups is 1. The van der Waals surface area contributed by atoms with Gasteiger partial charge in [0.05, 0.1) is 0 Å². The van der Waals surface area contributed by atoms with Gasteiger partial charge in [-0.05, 0) is 0 Å². The third-order valence-electron chi connectivity index (χ3n) is 0.635. The summed E-state index contributed by atoms with van der Waals surface area (Å²) < 4.78 is 0. The van der Waals surface area contributed by atoms with Crippen LogP contribution >= 0.6 is 11.6 Å². The van der Waals surface area contributed by atoms with Gasteiger partial charge in [-0.15, -0.1) is 9.98 Å². The Hall–Kier alpha value is -1.12. The van der Waals surface area contributed by atoms with E-state index in [2.05, 4.69) is 9.98 Å². The van der Waals surface area contributed by atoms with E-state index in [9.17, 15) is 9.90 Å². The van der Waals surface area contributed by atoms with Gasteiger partial charge in [-0.3, -0.25) is 5.11 Å². The quantitative estimate of drug-likeness (QED) is 0.493. The van der Waals surface area contributed by atoms with Crippen LogP contribution in [0.3, 0.4) is 0 Å². The lowest BCUT2D eigenvalue weighted by atomic mass is 10.6. The monoisotopic (exact) mass is 143 g/mol. The fraction of sp³-hybridized carbons (Fsp3) is 0. The molecular weight excluding hydrogens is 144 g/mol. The fourth-order valence-corrected chi connectivity index (χ4v) is 0.390. The number of halogens is 1. The minimum Gasteiger partial charge on any atom is -0.265 e. The van der Waals surface area contributed by atoms with Gasteiger partial charge in [0.1, 0.15) is 0 Å². The Kier molecular flexibility index (Phi) is 1.34. The Morgan fingerprint density at radius 3 is 2.67 bits per heavy atom. The summed E-state index contributed by atoms with van der Waals surface area (Å²) in [7, 11) is 0. The standard InChI is InChI=1S/C4ClN2O2/c5-2-1-6-4(9)7-3(2)8. The molecule has 0 saturated carbocycles. The van der Waals surface area contributed by atoms with Gasteiger partial charge in [-0.1, -0.05) is 11.6 Å². The van der Waals surface area contributed by atoms with Crippen molar-refractivity contribution < 1.29 is 9.90 Å². The lowest BCUT2D eigenvalue weighted by Gasteiger charge is -1.89. The third kappa shape index (κ3) is 1.16. The first-order valence-corrected chi connectivity index (χ1v) is 2.37. The first-order chi connectivity index (χ1) is 4.20. The maximum atomic E-state index is 10.3. The number of hydrogen-bond acceptors (Lipinski definition) is 1. The van der Waals surface area contributed by atoms with Crippen molar-refractivity contribution in [1.29, 1.82) is 0 Å². The molecule has 0 unspecified atom stereocenters. The van der Waals surface area contributed by atoms with Crippen molar-refractivity contribution in [3.63, 3.8) is 0 Å². The lowest BCUT2D eigenvalue weighted by Crippen LogP contribution is -2.02. The molecule has 4 nitrogen and oxygen atoms in total. The Labute approximate surface area is 55.2 Å².